The standard InChI is InChI=1S/C24H17F4N7O2/c1-3-4-33-20(13-6-17(27)22(28)32-10-13)21(35(30)19-8-16(26)15(25)7-18(19)29)23(36)34(24(33)37)14-5-12(2)9-31-11-14/h1,5-11H,4,29-30H2,2H3. The maximum atomic E-state index is 14.2. The number of halogens is 4. The van der Waals surface area contributed by atoms with E-state index in [-0.39, 0.29) is 28.3 Å². The van der Waals surface area contributed by atoms with Crippen LogP contribution in [0.15, 0.2) is 52.4 Å². The van der Waals surface area contributed by atoms with E-state index in [1.807, 2.05) is 0 Å². The third kappa shape index (κ3) is 4.41. The molecule has 0 saturated heterocycles. The highest BCUT2D eigenvalue weighted by Gasteiger charge is 2.27. The number of terminal acetylenes is 1. The van der Waals surface area contributed by atoms with Gasteiger partial charge in [-0.2, -0.15) is 4.39 Å². The summed E-state index contributed by atoms with van der Waals surface area (Å²) in [7, 11) is 0. The molecular weight excluding hydrogens is 494 g/mol. The number of aryl methyl sites for hydroxylation is 1. The lowest BCUT2D eigenvalue weighted by molar-refractivity contribution is 0.479. The molecule has 4 N–H and O–H groups in total. The van der Waals surface area contributed by atoms with Crippen LogP contribution in [-0.4, -0.2) is 19.1 Å². The molecule has 0 spiro atoms. The molecule has 0 aliphatic heterocycles. The van der Waals surface area contributed by atoms with E-state index in [9.17, 15) is 27.2 Å². The predicted octanol–water partition coefficient (Wildman–Crippen LogP) is 2.55. The summed E-state index contributed by atoms with van der Waals surface area (Å²) < 4.78 is 57.2. The van der Waals surface area contributed by atoms with E-state index in [1.54, 1.807) is 6.92 Å². The van der Waals surface area contributed by atoms with Crippen LogP contribution in [0.1, 0.15) is 5.56 Å². The Morgan fingerprint density at radius 2 is 1.73 bits per heavy atom. The Morgan fingerprint density at radius 3 is 2.38 bits per heavy atom. The second-order valence-corrected chi connectivity index (χ2v) is 7.82. The number of hydrazine groups is 1. The van der Waals surface area contributed by atoms with Gasteiger partial charge in [-0.05, 0) is 24.6 Å². The van der Waals surface area contributed by atoms with Crippen molar-refractivity contribution < 1.29 is 17.6 Å². The number of hydrogen-bond donors (Lipinski definition) is 2. The van der Waals surface area contributed by atoms with Crippen molar-refractivity contribution in [3.8, 4) is 29.3 Å². The van der Waals surface area contributed by atoms with Crippen molar-refractivity contribution in [2.45, 2.75) is 13.5 Å². The van der Waals surface area contributed by atoms with E-state index in [2.05, 4.69) is 15.9 Å². The zero-order valence-electron chi connectivity index (χ0n) is 19.0. The summed E-state index contributed by atoms with van der Waals surface area (Å²) in [6, 6.07) is 3.43. The Balaban J connectivity index is 2.19. The molecule has 37 heavy (non-hydrogen) atoms. The largest absolute Gasteiger partial charge is 0.397 e. The van der Waals surface area contributed by atoms with Gasteiger partial charge in [0.2, 0.25) is 5.95 Å². The van der Waals surface area contributed by atoms with Crippen molar-refractivity contribution in [1.82, 2.24) is 19.1 Å². The van der Waals surface area contributed by atoms with Crippen LogP contribution in [0.3, 0.4) is 0 Å². The Kier molecular flexibility index (Phi) is 6.52. The molecule has 0 bridgehead atoms. The van der Waals surface area contributed by atoms with Crippen LogP contribution in [-0.2, 0) is 6.54 Å². The fraction of sp³-hybridized carbons (Fsp3) is 0.0833. The second-order valence-electron chi connectivity index (χ2n) is 7.82. The molecule has 1 aromatic carbocycles. The van der Waals surface area contributed by atoms with Crippen LogP contribution < -0.4 is 27.8 Å². The molecule has 0 radical (unpaired) electrons. The first kappa shape index (κ1) is 25.1. The summed E-state index contributed by atoms with van der Waals surface area (Å²) in [5, 5.41) is 0.600. The Morgan fingerprint density at radius 1 is 1.03 bits per heavy atom. The van der Waals surface area contributed by atoms with E-state index < -0.39 is 46.9 Å². The van der Waals surface area contributed by atoms with Crippen molar-refractivity contribution in [3.05, 3.63) is 92.7 Å². The summed E-state index contributed by atoms with van der Waals surface area (Å²) >= 11 is 0. The van der Waals surface area contributed by atoms with Gasteiger partial charge in [-0.15, -0.1) is 6.42 Å². The number of rotatable bonds is 5. The molecular formula is C24H17F4N7O2. The molecule has 0 atom stereocenters. The molecule has 0 aliphatic carbocycles. The fourth-order valence-electron chi connectivity index (χ4n) is 3.71. The zero-order valence-corrected chi connectivity index (χ0v) is 19.0. The summed E-state index contributed by atoms with van der Waals surface area (Å²) in [6.07, 6.45) is 9.02. The van der Waals surface area contributed by atoms with E-state index in [1.165, 1.54) is 18.5 Å². The molecule has 3 heterocycles. The lowest BCUT2D eigenvalue weighted by Gasteiger charge is -2.26. The first-order valence-corrected chi connectivity index (χ1v) is 10.4. The number of anilines is 3. The van der Waals surface area contributed by atoms with Crippen molar-refractivity contribution in [1.29, 1.82) is 0 Å². The number of nitrogens with zero attached hydrogens (tertiary/aromatic N) is 5. The summed E-state index contributed by atoms with van der Waals surface area (Å²) in [6.45, 7) is 1.21. The van der Waals surface area contributed by atoms with E-state index >= 15 is 0 Å². The van der Waals surface area contributed by atoms with Crippen LogP contribution in [0.2, 0.25) is 0 Å². The SMILES string of the molecule is C#CCn1c(-c2cnc(F)c(F)c2)c(N(N)c2cc(F)c(F)cc2N)c(=O)n(-c2cncc(C)c2)c1=O. The first-order chi connectivity index (χ1) is 17.5. The number of nitrogens with two attached hydrogens (primary N) is 2. The lowest BCUT2D eigenvalue weighted by Crippen LogP contribution is -2.44. The molecule has 4 rings (SSSR count). The van der Waals surface area contributed by atoms with Gasteiger partial charge in [0.1, 0.15) is 5.69 Å². The molecule has 3 aromatic heterocycles. The summed E-state index contributed by atoms with van der Waals surface area (Å²) in [5.74, 6) is 3.02. The van der Waals surface area contributed by atoms with E-state index in [4.69, 9.17) is 18.0 Å². The lowest BCUT2D eigenvalue weighted by atomic mass is 10.1. The summed E-state index contributed by atoms with van der Waals surface area (Å²) in [4.78, 5) is 34.7. The van der Waals surface area contributed by atoms with Crippen LogP contribution in [0.5, 0.6) is 0 Å². The van der Waals surface area contributed by atoms with Gasteiger partial charge in [-0.3, -0.25) is 19.4 Å². The first-order valence-electron chi connectivity index (χ1n) is 10.4. The number of benzene rings is 1. The van der Waals surface area contributed by atoms with Crippen LogP contribution in [0.25, 0.3) is 16.9 Å². The van der Waals surface area contributed by atoms with Crippen molar-refractivity contribution in [2.24, 2.45) is 5.84 Å². The third-order valence-corrected chi connectivity index (χ3v) is 5.33. The minimum Gasteiger partial charge on any atom is -0.397 e. The normalized spacial score (nSPS) is 10.8. The van der Waals surface area contributed by atoms with Gasteiger partial charge >= 0.3 is 5.69 Å². The third-order valence-electron chi connectivity index (χ3n) is 5.33. The zero-order chi connectivity index (χ0) is 27.0. The average Bonchev–Trinajstić information content (AvgIpc) is 2.84. The number of hydrogen-bond acceptors (Lipinski definition) is 7. The molecule has 0 saturated carbocycles. The van der Waals surface area contributed by atoms with Gasteiger partial charge in [-0.1, -0.05) is 5.92 Å². The van der Waals surface area contributed by atoms with Crippen LogP contribution in [0, 0.1) is 42.7 Å². The fourth-order valence-corrected chi connectivity index (χ4v) is 3.71. The van der Waals surface area contributed by atoms with Gasteiger partial charge in [0.15, 0.2) is 17.5 Å². The highest BCUT2D eigenvalue weighted by molar-refractivity contribution is 5.82. The van der Waals surface area contributed by atoms with Crippen molar-refractivity contribution in [2.75, 3.05) is 10.7 Å². The Bertz CT molecular complexity index is 1710. The Hall–Kier alpha value is -4.96. The number of pyridine rings is 2. The van der Waals surface area contributed by atoms with Gasteiger partial charge in [0.05, 0.1) is 35.5 Å². The summed E-state index contributed by atoms with van der Waals surface area (Å²) in [5.41, 5.74) is 2.50. The van der Waals surface area contributed by atoms with Crippen molar-refractivity contribution >= 4 is 17.1 Å². The highest BCUT2D eigenvalue weighted by atomic mass is 19.2. The molecule has 0 unspecified atom stereocenters. The van der Waals surface area contributed by atoms with Gasteiger partial charge in [0, 0.05) is 30.1 Å². The Labute approximate surface area is 206 Å². The maximum Gasteiger partial charge on any atom is 0.337 e. The molecule has 188 valence electrons. The maximum absolute atomic E-state index is 14.2. The van der Waals surface area contributed by atoms with Gasteiger partial charge in [-0.25, -0.2) is 33.4 Å². The molecule has 0 fully saturated rings. The topological polar surface area (TPSA) is 125 Å². The van der Waals surface area contributed by atoms with Gasteiger partial charge in [0.25, 0.3) is 5.56 Å². The molecule has 4 aromatic rings. The molecule has 9 nitrogen and oxygen atoms in total. The van der Waals surface area contributed by atoms with Crippen LogP contribution in [0.4, 0.5) is 34.6 Å². The average molecular weight is 511 g/mol. The monoisotopic (exact) mass is 511 g/mol. The minimum absolute atomic E-state index is 0.0311. The predicted molar refractivity (Wildman–Crippen MR) is 128 cm³/mol. The smallest absolute Gasteiger partial charge is 0.337 e. The van der Waals surface area contributed by atoms with Gasteiger partial charge < -0.3 is 5.73 Å². The number of aromatic nitrogens is 4. The second kappa shape index (κ2) is 9.59. The van der Waals surface area contributed by atoms with E-state index in [0.717, 1.165) is 10.8 Å². The van der Waals surface area contributed by atoms with Crippen LogP contribution >= 0.6 is 0 Å². The molecule has 0 aliphatic rings. The van der Waals surface area contributed by atoms with E-state index in [0.29, 0.717) is 33.3 Å². The van der Waals surface area contributed by atoms with Crippen molar-refractivity contribution in [3.63, 3.8) is 0 Å². The molecule has 0 amide bonds. The number of nitrogen functional groups attached to an aromatic ring is 1. The quantitative estimate of drug-likeness (QED) is 0.105. The highest BCUT2D eigenvalue weighted by Crippen LogP contribution is 2.34. The molecule has 13 heteroatoms. The minimum atomic E-state index is -1.44.